The molecule has 2 aliphatic rings. The van der Waals surface area contributed by atoms with Crippen molar-refractivity contribution in [2.75, 3.05) is 53.8 Å². The number of anilines is 3. The first-order valence-corrected chi connectivity index (χ1v) is 12.7. The smallest absolute Gasteiger partial charge is 0.283 e. The fourth-order valence-corrected chi connectivity index (χ4v) is 4.83. The van der Waals surface area contributed by atoms with Crippen molar-refractivity contribution in [3.05, 3.63) is 33.9 Å². The Labute approximate surface area is 202 Å². The fourth-order valence-electron chi connectivity index (χ4n) is 4.07. The first-order chi connectivity index (χ1) is 16.6. The van der Waals surface area contributed by atoms with Crippen molar-refractivity contribution in [1.82, 2.24) is 15.0 Å². The highest BCUT2D eigenvalue weighted by atomic mass is 32.2. The van der Waals surface area contributed by atoms with E-state index in [9.17, 15) is 10.1 Å². The number of benzene rings is 1. The molecule has 4 rings (SSSR count). The number of piperidine rings is 2. The molecule has 0 atom stereocenters. The van der Waals surface area contributed by atoms with E-state index < -0.39 is 4.92 Å². The van der Waals surface area contributed by atoms with Gasteiger partial charge in [0, 0.05) is 43.6 Å². The van der Waals surface area contributed by atoms with E-state index in [1.54, 1.807) is 12.1 Å². The molecule has 1 aromatic carbocycles. The number of hydrazone groups is 1. The van der Waals surface area contributed by atoms with Crippen molar-refractivity contribution >= 4 is 41.5 Å². The molecule has 0 unspecified atom stereocenters. The molecule has 2 N–H and O–H groups in total. The van der Waals surface area contributed by atoms with Crippen LogP contribution < -0.4 is 15.2 Å². The summed E-state index contributed by atoms with van der Waals surface area (Å²) in [6.45, 7) is 3.67. The molecule has 182 valence electrons. The van der Waals surface area contributed by atoms with E-state index in [1.165, 1.54) is 36.9 Å². The van der Waals surface area contributed by atoms with Gasteiger partial charge in [-0.05, 0) is 44.6 Å². The Bertz CT molecular complexity index is 973. The van der Waals surface area contributed by atoms with Crippen molar-refractivity contribution in [3.63, 3.8) is 0 Å². The molecule has 0 radical (unpaired) electrons. The summed E-state index contributed by atoms with van der Waals surface area (Å²) in [6, 6.07) is 4.89. The van der Waals surface area contributed by atoms with Crippen molar-refractivity contribution in [3.8, 4) is 0 Å². The monoisotopic (exact) mass is 486 g/mol. The second kappa shape index (κ2) is 11.9. The maximum atomic E-state index is 11.4. The van der Waals surface area contributed by atoms with Gasteiger partial charge >= 0.3 is 0 Å². The number of nitrogens with one attached hydrogen (secondary N) is 1. The lowest BCUT2D eigenvalue weighted by atomic mass is 10.1. The number of aliphatic hydroxyl groups is 1. The lowest BCUT2D eigenvalue weighted by Crippen LogP contribution is -2.34. The molecule has 1 aromatic heterocycles. The minimum atomic E-state index is -0.424. The van der Waals surface area contributed by atoms with Gasteiger partial charge < -0.3 is 14.9 Å². The lowest BCUT2D eigenvalue weighted by Gasteiger charge is -2.30. The van der Waals surface area contributed by atoms with Crippen LogP contribution in [0.1, 0.15) is 44.1 Å². The van der Waals surface area contributed by atoms with Crippen LogP contribution in [0.4, 0.5) is 23.5 Å². The van der Waals surface area contributed by atoms with Gasteiger partial charge in [-0.3, -0.25) is 10.1 Å². The van der Waals surface area contributed by atoms with E-state index in [0.717, 1.165) is 51.9 Å². The van der Waals surface area contributed by atoms with Crippen LogP contribution in [0.15, 0.2) is 28.2 Å². The largest absolute Gasteiger partial charge is 0.396 e. The van der Waals surface area contributed by atoms with Gasteiger partial charge in [0.2, 0.25) is 17.8 Å². The first-order valence-electron chi connectivity index (χ1n) is 11.7. The number of hydrogen-bond acceptors (Lipinski definition) is 11. The molecule has 11 nitrogen and oxygen atoms in total. The van der Waals surface area contributed by atoms with Crippen LogP contribution >= 0.6 is 11.8 Å². The third-order valence-electron chi connectivity index (χ3n) is 5.80. The van der Waals surface area contributed by atoms with Crippen LogP contribution in [-0.2, 0) is 0 Å². The zero-order valence-corrected chi connectivity index (χ0v) is 19.9. The Balaban J connectivity index is 1.53. The van der Waals surface area contributed by atoms with Gasteiger partial charge in [-0.15, -0.1) is 11.8 Å². The molecule has 2 aliphatic heterocycles. The molecule has 3 heterocycles. The Morgan fingerprint density at radius 1 is 1.03 bits per heavy atom. The molecule has 0 amide bonds. The topological polar surface area (TPSA) is 133 Å². The van der Waals surface area contributed by atoms with Gasteiger partial charge in [-0.25, -0.2) is 5.43 Å². The van der Waals surface area contributed by atoms with Gasteiger partial charge in [0.1, 0.15) is 0 Å². The van der Waals surface area contributed by atoms with E-state index in [0.29, 0.717) is 34.1 Å². The predicted molar refractivity (Wildman–Crippen MR) is 134 cm³/mol. The van der Waals surface area contributed by atoms with E-state index in [2.05, 4.69) is 30.3 Å². The summed E-state index contributed by atoms with van der Waals surface area (Å²) in [5, 5.41) is 24.7. The molecule has 0 bridgehead atoms. The van der Waals surface area contributed by atoms with Crippen molar-refractivity contribution in [2.24, 2.45) is 5.10 Å². The van der Waals surface area contributed by atoms with Crippen molar-refractivity contribution in [2.45, 2.75) is 43.4 Å². The summed E-state index contributed by atoms with van der Waals surface area (Å²) < 4.78 is 0. The number of nitro benzene ring substituents is 1. The van der Waals surface area contributed by atoms with Crippen LogP contribution in [0.3, 0.4) is 0 Å². The summed E-state index contributed by atoms with van der Waals surface area (Å²) in [7, 11) is 0. The number of hydrogen-bond donors (Lipinski definition) is 2. The minimum Gasteiger partial charge on any atom is -0.396 e. The average Bonchev–Trinajstić information content (AvgIpc) is 2.88. The van der Waals surface area contributed by atoms with E-state index in [1.807, 2.05) is 0 Å². The summed E-state index contributed by atoms with van der Waals surface area (Å²) in [6.07, 6.45) is 8.44. The SMILES string of the molecule is O=[N+]([O-])c1cc(/C=N/Nc2nc(N3CCCCC3)nc(N3CCCCC3)n2)ccc1SCCO. The maximum Gasteiger partial charge on any atom is 0.283 e. The average molecular weight is 487 g/mol. The molecule has 0 aliphatic carbocycles. The van der Waals surface area contributed by atoms with Crippen molar-refractivity contribution in [1.29, 1.82) is 0 Å². The molecule has 2 saturated heterocycles. The predicted octanol–water partition coefficient (Wildman–Crippen LogP) is 3.29. The summed E-state index contributed by atoms with van der Waals surface area (Å²) in [4.78, 5) is 29.9. The van der Waals surface area contributed by atoms with Crippen LogP contribution in [0.5, 0.6) is 0 Å². The zero-order valence-electron chi connectivity index (χ0n) is 19.1. The number of nitrogens with zero attached hydrogens (tertiary/aromatic N) is 7. The highest BCUT2D eigenvalue weighted by Crippen LogP contribution is 2.29. The molecule has 2 aromatic rings. The number of aliphatic hydroxyl groups excluding tert-OH is 1. The third kappa shape index (κ3) is 6.32. The number of nitro groups is 1. The minimum absolute atomic E-state index is 0.0117. The van der Waals surface area contributed by atoms with Gasteiger partial charge in [0.15, 0.2) is 0 Å². The molecule has 12 heteroatoms. The van der Waals surface area contributed by atoms with E-state index in [4.69, 9.17) is 10.1 Å². The number of rotatable bonds is 9. The molecule has 34 heavy (non-hydrogen) atoms. The highest BCUT2D eigenvalue weighted by Gasteiger charge is 2.20. The molecule has 0 spiro atoms. The highest BCUT2D eigenvalue weighted by molar-refractivity contribution is 7.99. The van der Waals surface area contributed by atoms with Crippen LogP contribution in [0.2, 0.25) is 0 Å². The van der Waals surface area contributed by atoms with Gasteiger partial charge in [0.25, 0.3) is 5.69 Å². The lowest BCUT2D eigenvalue weighted by molar-refractivity contribution is -0.387. The quantitative estimate of drug-likeness (QED) is 0.235. The molecular weight excluding hydrogens is 456 g/mol. The van der Waals surface area contributed by atoms with Crippen LogP contribution in [0, 0.1) is 10.1 Å². The van der Waals surface area contributed by atoms with Gasteiger partial charge in [-0.2, -0.15) is 20.1 Å². The zero-order chi connectivity index (χ0) is 23.8. The molecule has 2 fully saturated rings. The third-order valence-corrected chi connectivity index (χ3v) is 6.84. The van der Waals surface area contributed by atoms with Crippen molar-refractivity contribution < 1.29 is 10.0 Å². The van der Waals surface area contributed by atoms with Crippen LogP contribution in [0.25, 0.3) is 0 Å². The second-order valence-corrected chi connectivity index (χ2v) is 9.42. The number of thioether (sulfide) groups is 1. The van der Waals surface area contributed by atoms with Gasteiger partial charge in [-0.1, -0.05) is 6.07 Å². The summed E-state index contributed by atoms with van der Waals surface area (Å²) in [5.74, 6) is 2.08. The number of aromatic nitrogens is 3. The van der Waals surface area contributed by atoms with Gasteiger partial charge in [0.05, 0.1) is 22.6 Å². The summed E-state index contributed by atoms with van der Waals surface area (Å²) >= 11 is 1.25. The normalized spacial score (nSPS) is 16.7. The van der Waals surface area contributed by atoms with E-state index >= 15 is 0 Å². The Kier molecular flexibility index (Phi) is 8.47. The second-order valence-electron chi connectivity index (χ2n) is 8.28. The maximum absolute atomic E-state index is 11.4. The Morgan fingerprint density at radius 2 is 1.65 bits per heavy atom. The van der Waals surface area contributed by atoms with E-state index in [-0.39, 0.29) is 12.3 Å². The fraction of sp³-hybridized carbons (Fsp3) is 0.545. The van der Waals surface area contributed by atoms with Crippen LogP contribution in [-0.4, -0.2) is 69.7 Å². The molecular formula is C22H30N8O3S. The standard InChI is InChI=1S/C22H30N8O3S/c31-13-14-34-19-8-7-17(15-18(19)30(32)33)16-23-27-20-24-21(28-9-3-1-4-10-28)26-22(25-20)29-11-5-2-6-12-29/h7-8,15-16,31H,1-6,9-14H2,(H,24,25,26,27)/b23-16+. The summed E-state index contributed by atoms with van der Waals surface area (Å²) in [5.41, 5.74) is 3.46. The Hall–Kier alpha value is -2.99. The molecule has 0 saturated carbocycles. The Morgan fingerprint density at radius 3 is 2.21 bits per heavy atom. The first kappa shape index (κ1) is 24.1.